The molecule has 1 amide bonds. The van der Waals surface area contributed by atoms with E-state index < -0.39 is 6.04 Å². The topological polar surface area (TPSA) is 76.3 Å². The minimum absolute atomic E-state index is 0.0866. The van der Waals surface area contributed by atoms with E-state index in [9.17, 15) is 9.59 Å². The third-order valence-corrected chi connectivity index (χ3v) is 7.22. The molecule has 1 unspecified atom stereocenters. The molecule has 0 bridgehead atoms. The van der Waals surface area contributed by atoms with Gasteiger partial charge in [-0.3, -0.25) is 14.5 Å². The van der Waals surface area contributed by atoms with Crippen molar-refractivity contribution in [2.24, 2.45) is 0 Å². The van der Waals surface area contributed by atoms with E-state index in [1.807, 2.05) is 57.2 Å². The van der Waals surface area contributed by atoms with Gasteiger partial charge in [0.1, 0.15) is 10.6 Å². The second kappa shape index (κ2) is 7.67. The van der Waals surface area contributed by atoms with Gasteiger partial charge in [-0.2, -0.15) is 0 Å². The first-order chi connectivity index (χ1) is 15.4. The van der Waals surface area contributed by atoms with Gasteiger partial charge < -0.3 is 4.42 Å². The van der Waals surface area contributed by atoms with E-state index >= 15 is 0 Å². The molecule has 7 heteroatoms. The van der Waals surface area contributed by atoms with Gasteiger partial charge in [0.2, 0.25) is 10.9 Å². The first-order valence-corrected chi connectivity index (χ1v) is 11.6. The number of benzene rings is 2. The van der Waals surface area contributed by atoms with Crippen LogP contribution in [0.3, 0.4) is 0 Å². The molecule has 1 atom stereocenters. The van der Waals surface area contributed by atoms with Crippen molar-refractivity contribution in [3.63, 3.8) is 0 Å². The Labute approximate surface area is 189 Å². The maximum atomic E-state index is 13.7. The summed E-state index contributed by atoms with van der Waals surface area (Å²) in [6.07, 6.45) is 1.63. The molecular weight excluding hydrogens is 422 g/mol. The minimum Gasteiger partial charge on any atom is -0.450 e. The second-order valence-electron chi connectivity index (χ2n) is 8.11. The number of amides is 1. The molecule has 32 heavy (non-hydrogen) atoms. The summed E-state index contributed by atoms with van der Waals surface area (Å²) < 4.78 is 6.08. The van der Waals surface area contributed by atoms with Crippen molar-refractivity contribution < 1.29 is 9.21 Å². The van der Waals surface area contributed by atoms with Crippen LogP contribution < -0.4 is 10.3 Å². The van der Waals surface area contributed by atoms with Crippen LogP contribution in [0.15, 0.2) is 45.6 Å². The molecule has 2 aromatic heterocycles. The monoisotopic (exact) mass is 445 g/mol. The molecule has 0 spiro atoms. The maximum Gasteiger partial charge on any atom is 0.297 e. The fraction of sp³-hybridized carbons (Fsp3) is 0.280. The Kier molecular flexibility index (Phi) is 4.93. The zero-order valence-corrected chi connectivity index (χ0v) is 19.2. The van der Waals surface area contributed by atoms with Crippen molar-refractivity contribution in [2.45, 2.75) is 46.6 Å². The van der Waals surface area contributed by atoms with Gasteiger partial charge in [-0.05, 0) is 61.1 Å². The number of nitrogens with zero attached hydrogens (tertiary/aromatic N) is 3. The highest BCUT2D eigenvalue weighted by atomic mass is 32.1. The largest absolute Gasteiger partial charge is 0.450 e. The second-order valence-corrected chi connectivity index (χ2v) is 9.15. The van der Waals surface area contributed by atoms with Crippen molar-refractivity contribution in [1.29, 1.82) is 0 Å². The maximum absolute atomic E-state index is 13.7. The summed E-state index contributed by atoms with van der Waals surface area (Å²) in [5.74, 6) is -0.274. The fourth-order valence-corrected chi connectivity index (χ4v) is 4.97. The molecule has 4 aromatic rings. The van der Waals surface area contributed by atoms with Crippen LogP contribution in [0.1, 0.15) is 63.3 Å². The van der Waals surface area contributed by atoms with Gasteiger partial charge in [-0.15, -0.1) is 10.2 Å². The van der Waals surface area contributed by atoms with E-state index in [0.717, 1.165) is 34.5 Å². The molecule has 2 aromatic carbocycles. The van der Waals surface area contributed by atoms with Gasteiger partial charge in [0.25, 0.3) is 5.91 Å². The van der Waals surface area contributed by atoms with Crippen molar-refractivity contribution in [2.75, 3.05) is 4.90 Å². The number of carbonyl (C=O) groups is 1. The molecule has 162 valence electrons. The number of fused-ring (bicyclic) bond motifs is 2. The minimum atomic E-state index is -0.608. The quantitative estimate of drug-likeness (QED) is 0.435. The van der Waals surface area contributed by atoms with Gasteiger partial charge >= 0.3 is 0 Å². The van der Waals surface area contributed by atoms with Crippen molar-refractivity contribution in [3.05, 3.63) is 85.2 Å². The molecule has 0 N–H and O–H groups in total. The van der Waals surface area contributed by atoms with Crippen LogP contribution in [-0.2, 0) is 12.8 Å². The Morgan fingerprint density at radius 3 is 2.38 bits per heavy atom. The molecule has 6 nitrogen and oxygen atoms in total. The van der Waals surface area contributed by atoms with Crippen LogP contribution in [0.2, 0.25) is 0 Å². The Morgan fingerprint density at radius 1 is 1.00 bits per heavy atom. The number of aromatic nitrogens is 2. The molecule has 0 saturated heterocycles. The van der Waals surface area contributed by atoms with Gasteiger partial charge in [0.05, 0.1) is 17.0 Å². The van der Waals surface area contributed by atoms with Gasteiger partial charge in [0, 0.05) is 0 Å². The molecule has 0 fully saturated rings. The first kappa shape index (κ1) is 20.6. The molecule has 0 aliphatic carbocycles. The van der Waals surface area contributed by atoms with Crippen LogP contribution in [-0.4, -0.2) is 16.1 Å². The highest BCUT2D eigenvalue weighted by Crippen LogP contribution is 2.42. The number of anilines is 1. The van der Waals surface area contributed by atoms with E-state index in [-0.39, 0.29) is 17.1 Å². The number of hydrogen-bond acceptors (Lipinski definition) is 6. The number of rotatable bonds is 4. The Balaban J connectivity index is 1.79. The lowest BCUT2D eigenvalue weighted by molar-refractivity contribution is 0.0970. The molecule has 0 radical (unpaired) electrons. The summed E-state index contributed by atoms with van der Waals surface area (Å²) in [4.78, 5) is 28.8. The number of carbonyl (C=O) groups excluding carboxylic acids is 1. The first-order valence-electron chi connectivity index (χ1n) is 10.8. The molecule has 1 aliphatic heterocycles. The molecule has 0 saturated carbocycles. The summed E-state index contributed by atoms with van der Waals surface area (Å²) in [6.45, 7) is 8.01. The van der Waals surface area contributed by atoms with Crippen LogP contribution in [0, 0.1) is 13.8 Å². The molecule has 5 rings (SSSR count). The molecule has 3 heterocycles. The van der Waals surface area contributed by atoms with E-state index in [2.05, 4.69) is 17.1 Å². The molecular formula is C25H23N3O3S. The summed E-state index contributed by atoms with van der Waals surface area (Å²) >= 11 is 1.36. The lowest BCUT2D eigenvalue weighted by Gasteiger charge is -2.22. The third kappa shape index (κ3) is 3.07. The van der Waals surface area contributed by atoms with E-state index in [1.165, 1.54) is 16.9 Å². The standard InChI is InChI=1S/C25H23N3O3S/c1-5-15-7-9-16(10-8-15)21-20-22(29)17-11-13(3)14(4)12-18(17)31-23(20)24(30)28(21)25-27-26-19(6-2)32-25/h7-12,21H,5-6H2,1-4H3. The third-order valence-electron chi connectivity index (χ3n) is 6.15. The SMILES string of the molecule is CCc1ccc(C2c3c(oc4cc(C)c(C)cc4c3=O)C(=O)N2c2nnc(CC)s2)cc1. The Hall–Kier alpha value is -3.32. The lowest BCUT2D eigenvalue weighted by Crippen LogP contribution is -2.29. The van der Waals surface area contributed by atoms with Crippen LogP contribution in [0.25, 0.3) is 11.0 Å². The zero-order valence-electron chi connectivity index (χ0n) is 18.4. The average molecular weight is 446 g/mol. The summed E-state index contributed by atoms with van der Waals surface area (Å²) in [7, 11) is 0. The van der Waals surface area contributed by atoms with E-state index in [1.54, 1.807) is 4.90 Å². The summed E-state index contributed by atoms with van der Waals surface area (Å²) in [6, 6.07) is 11.1. The highest BCUT2D eigenvalue weighted by Gasteiger charge is 2.45. The van der Waals surface area contributed by atoms with Crippen molar-refractivity contribution in [1.82, 2.24) is 10.2 Å². The lowest BCUT2D eigenvalue weighted by atomic mass is 9.96. The zero-order chi connectivity index (χ0) is 22.6. The van der Waals surface area contributed by atoms with Crippen LogP contribution in [0.5, 0.6) is 0 Å². The van der Waals surface area contributed by atoms with E-state index in [0.29, 0.717) is 21.7 Å². The van der Waals surface area contributed by atoms with Crippen molar-refractivity contribution >= 4 is 33.3 Å². The van der Waals surface area contributed by atoms with Crippen molar-refractivity contribution in [3.8, 4) is 0 Å². The van der Waals surface area contributed by atoms with Gasteiger partial charge in [-0.1, -0.05) is 49.4 Å². The average Bonchev–Trinajstić information content (AvgIpc) is 3.38. The van der Waals surface area contributed by atoms with E-state index in [4.69, 9.17) is 4.42 Å². The predicted molar refractivity (Wildman–Crippen MR) is 126 cm³/mol. The van der Waals surface area contributed by atoms with Gasteiger partial charge in [0.15, 0.2) is 5.43 Å². The smallest absolute Gasteiger partial charge is 0.297 e. The van der Waals surface area contributed by atoms with Crippen LogP contribution >= 0.6 is 11.3 Å². The normalized spacial score (nSPS) is 15.6. The number of aryl methyl sites for hydroxylation is 4. The number of hydrogen-bond donors (Lipinski definition) is 0. The predicted octanol–water partition coefficient (Wildman–Crippen LogP) is 5.14. The van der Waals surface area contributed by atoms with Gasteiger partial charge in [-0.25, -0.2) is 0 Å². The van der Waals surface area contributed by atoms with Crippen LogP contribution in [0.4, 0.5) is 5.13 Å². The highest BCUT2D eigenvalue weighted by molar-refractivity contribution is 7.15. The Bertz CT molecular complexity index is 1420. The summed E-state index contributed by atoms with van der Waals surface area (Å²) in [5, 5.41) is 10.3. The molecule has 1 aliphatic rings. The Morgan fingerprint density at radius 2 is 1.72 bits per heavy atom. The fourth-order valence-electron chi connectivity index (χ4n) is 4.16. The summed E-state index contributed by atoms with van der Waals surface area (Å²) in [5.41, 5.74) is 4.66.